The molecule has 0 atom stereocenters. The zero-order chi connectivity index (χ0) is 13.3. The molecule has 1 N–H and O–H groups in total. The van der Waals surface area contributed by atoms with Crippen molar-refractivity contribution >= 4 is 17.2 Å². The van der Waals surface area contributed by atoms with Crippen molar-refractivity contribution in [3.05, 3.63) is 46.1 Å². The number of anilines is 2. The monoisotopic (exact) mass is 254 g/mol. The first-order valence-electron chi connectivity index (χ1n) is 4.87. The lowest BCUT2D eigenvalue weighted by atomic mass is 10.2. The van der Waals surface area contributed by atoms with Crippen molar-refractivity contribution in [3.63, 3.8) is 0 Å². The van der Waals surface area contributed by atoms with Crippen LogP contribution in [-0.4, -0.2) is 14.7 Å². The van der Waals surface area contributed by atoms with Crippen LogP contribution in [0.1, 0.15) is 0 Å². The first-order valence-corrected chi connectivity index (χ1v) is 4.87. The predicted octanol–water partition coefficient (Wildman–Crippen LogP) is 2.35. The lowest BCUT2D eigenvalue weighted by Crippen LogP contribution is -2.01. The van der Waals surface area contributed by atoms with E-state index in [1.54, 1.807) is 13.2 Å². The minimum absolute atomic E-state index is 0.240. The van der Waals surface area contributed by atoms with Crippen LogP contribution in [0.3, 0.4) is 0 Å². The molecule has 0 saturated heterocycles. The highest BCUT2D eigenvalue weighted by Crippen LogP contribution is 2.26. The third-order valence-corrected chi connectivity index (χ3v) is 2.20. The van der Waals surface area contributed by atoms with Gasteiger partial charge in [-0.1, -0.05) is 0 Å². The maximum absolute atomic E-state index is 13.5. The second-order valence-corrected chi connectivity index (χ2v) is 3.54. The largest absolute Gasteiger partial charge is 0.334 e. The number of nitrogens with one attached hydrogen (secondary N) is 1. The number of nitro benzene ring substituents is 1. The van der Waals surface area contributed by atoms with Gasteiger partial charge in [-0.25, -0.2) is 8.78 Å². The molecule has 2 rings (SSSR count). The summed E-state index contributed by atoms with van der Waals surface area (Å²) in [4.78, 5) is 9.55. The Labute approximate surface area is 100.0 Å². The lowest BCUT2D eigenvalue weighted by molar-refractivity contribution is -0.385. The van der Waals surface area contributed by atoms with E-state index in [1.807, 2.05) is 0 Å². The molecule has 8 heteroatoms. The second-order valence-electron chi connectivity index (χ2n) is 3.54. The van der Waals surface area contributed by atoms with Crippen LogP contribution in [0, 0.1) is 21.7 Å². The number of aromatic nitrogens is 2. The van der Waals surface area contributed by atoms with Crippen LogP contribution in [0.2, 0.25) is 0 Å². The third-order valence-electron chi connectivity index (χ3n) is 2.20. The molecule has 1 heterocycles. The topological polar surface area (TPSA) is 73.0 Å². The highest BCUT2D eigenvalue weighted by Gasteiger charge is 2.17. The molecule has 1 aromatic carbocycles. The number of aryl methyl sites for hydroxylation is 1. The van der Waals surface area contributed by atoms with Crippen molar-refractivity contribution < 1.29 is 13.7 Å². The van der Waals surface area contributed by atoms with Crippen LogP contribution < -0.4 is 5.32 Å². The van der Waals surface area contributed by atoms with E-state index in [-0.39, 0.29) is 5.82 Å². The summed E-state index contributed by atoms with van der Waals surface area (Å²) >= 11 is 0. The van der Waals surface area contributed by atoms with Crippen LogP contribution in [0.25, 0.3) is 0 Å². The molecule has 0 aliphatic rings. The second kappa shape index (κ2) is 4.40. The number of non-ortho nitro benzene ring substituents is 1. The fourth-order valence-corrected chi connectivity index (χ4v) is 1.39. The molecule has 0 spiro atoms. The molecule has 0 saturated carbocycles. The van der Waals surface area contributed by atoms with Crippen molar-refractivity contribution in [2.75, 3.05) is 5.32 Å². The van der Waals surface area contributed by atoms with Crippen LogP contribution in [0.4, 0.5) is 26.0 Å². The predicted molar refractivity (Wildman–Crippen MR) is 59.5 cm³/mol. The van der Waals surface area contributed by atoms with Crippen LogP contribution >= 0.6 is 0 Å². The maximum atomic E-state index is 13.5. The highest BCUT2D eigenvalue weighted by molar-refractivity contribution is 5.59. The molecule has 94 valence electrons. The smallest absolute Gasteiger partial charge is 0.275 e. The average Bonchev–Trinajstić information content (AvgIpc) is 2.69. The number of rotatable bonds is 3. The summed E-state index contributed by atoms with van der Waals surface area (Å²) < 4.78 is 28.5. The van der Waals surface area contributed by atoms with Crippen molar-refractivity contribution in [3.8, 4) is 0 Å². The van der Waals surface area contributed by atoms with Gasteiger partial charge < -0.3 is 5.32 Å². The Morgan fingerprint density at radius 3 is 2.44 bits per heavy atom. The van der Waals surface area contributed by atoms with Gasteiger partial charge in [0.05, 0.1) is 17.1 Å². The highest BCUT2D eigenvalue weighted by atomic mass is 19.1. The molecule has 0 aliphatic carbocycles. The molecule has 0 unspecified atom stereocenters. The summed E-state index contributed by atoms with van der Waals surface area (Å²) in [6.45, 7) is 0. The van der Waals surface area contributed by atoms with Gasteiger partial charge in [-0.15, -0.1) is 0 Å². The van der Waals surface area contributed by atoms with E-state index in [2.05, 4.69) is 10.4 Å². The molecule has 0 fully saturated rings. The van der Waals surface area contributed by atoms with Gasteiger partial charge in [0, 0.05) is 19.3 Å². The molecular formula is C10H8F2N4O2. The summed E-state index contributed by atoms with van der Waals surface area (Å²) in [5.74, 6) is -1.86. The number of hydrogen-bond donors (Lipinski definition) is 1. The van der Waals surface area contributed by atoms with Crippen molar-refractivity contribution in [2.24, 2.45) is 7.05 Å². The van der Waals surface area contributed by atoms with E-state index in [4.69, 9.17) is 0 Å². The maximum Gasteiger partial charge on any atom is 0.275 e. The van der Waals surface area contributed by atoms with Gasteiger partial charge in [0.15, 0.2) is 17.5 Å². The van der Waals surface area contributed by atoms with Crippen molar-refractivity contribution in [1.29, 1.82) is 0 Å². The van der Waals surface area contributed by atoms with Gasteiger partial charge in [-0.2, -0.15) is 5.10 Å². The normalized spacial score (nSPS) is 10.4. The Hall–Kier alpha value is -2.51. The fraction of sp³-hybridized carbons (Fsp3) is 0.100. The van der Waals surface area contributed by atoms with Crippen molar-refractivity contribution in [2.45, 2.75) is 0 Å². The van der Waals surface area contributed by atoms with E-state index >= 15 is 0 Å². The Morgan fingerprint density at radius 2 is 2.00 bits per heavy atom. The number of halogens is 2. The Bertz CT molecular complexity index is 589. The quantitative estimate of drug-likeness (QED) is 0.674. The summed E-state index contributed by atoms with van der Waals surface area (Å²) in [5.41, 5.74) is -1.11. The fourth-order valence-electron chi connectivity index (χ4n) is 1.39. The Kier molecular flexibility index (Phi) is 2.92. The van der Waals surface area contributed by atoms with Crippen LogP contribution in [0.15, 0.2) is 24.4 Å². The number of benzene rings is 1. The van der Waals surface area contributed by atoms with E-state index < -0.39 is 27.9 Å². The Morgan fingerprint density at radius 1 is 1.39 bits per heavy atom. The van der Waals surface area contributed by atoms with Gasteiger partial charge in [-0.3, -0.25) is 14.8 Å². The van der Waals surface area contributed by atoms with E-state index in [0.29, 0.717) is 12.1 Å². The first-order chi connectivity index (χ1) is 8.47. The van der Waals surface area contributed by atoms with Gasteiger partial charge >= 0.3 is 0 Å². The summed E-state index contributed by atoms with van der Waals surface area (Å²) in [7, 11) is 1.65. The molecule has 0 bridgehead atoms. The Balaban J connectivity index is 2.37. The zero-order valence-corrected chi connectivity index (χ0v) is 9.22. The minimum atomic E-state index is -1.05. The molecule has 0 radical (unpaired) electrons. The first kappa shape index (κ1) is 12.0. The average molecular weight is 254 g/mol. The third kappa shape index (κ3) is 2.26. The molecule has 2 aromatic rings. The van der Waals surface area contributed by atoms with E-state index in [0.717, 1.165) is 0 Å². The van der Waals surface area contributed by atoms with E-state index in [9.17, 15) is 18.9 Å². The van der Waals surface area contributed by atoms with Crippen LogP contribution in [0.5, 0.6) is 0 Å². The summed E-state index contributed by atoms with van der Waals surface area (Å²) in [6, 6.07) is 2.81. The van der Waals surface area contributed by atoms with Gasteiger partial charge in [-0.05, 0) is 0 Å². The van der Waals surface area contributed by atoms with E-state index in [1.165, 1.54) is 10.7 Å². The molecule has 18 heavy (non-hydrogen) atoms. The number of hydrogen-bond acceptors (Lipinski definition) is 4. The summed E-state index contributed by atoms with van der Waals surface area (Å²) in [5, 5.41) is 16.7. The van der Waals surface area contributed by atoms with Gasteiger partial charge in [0.2, 0.25) is 0 Å². The summed E-state index contributed by atoms with van der Waals surface area (Å²) in [6.07, 6.45) is 1.59. The van der Waals surface area contributed by atoms with Crippen molar-refractivity contribution in [1.82, 2.24) is 9.78 Å². The van der Waals surface area contributed by atoms with Gasteiger partial charge in [0.1, 0.15) is 5.69 Å². The minimum Gasteiger partial charge on any atom is -0.334 e. The lowest BCUT2D eigenvalue weighted by Gasteiger charge is -2.05. The molecule has 1 aromatic heterocycles. The molecular weight excluding hydrogens is 246 g/mol. The number of nitrogens with zero attached hydrogens (tertiary/aromatic N) is 3. The molecule has 0 amide bonds. The standard InChI is InChI=1S/C10H8F2N4O2/c1-15-3-2-9(14-15)13-10-7(11)4-6(16(17)18)5-8(10)12/h2-5H,1H3,(H,13,14). The molecule has 0 aliphatic heterocycles. The van der Waals surface area contributed by atoms with Crippen LogP contribution in [-0.2, 0) is 7.05 Å². The SMILES string of the molecule is Cn1ccc(Nc2c(F)cc([N+](=O)[O-])cc2F)n1. The molecule has 6 nitrogen and oxygen atoms in total. The van der Waals surface area contributed by atoms with Gasteiger partial charge in [0.25, 0.3) is 5.69 Å². The number of nitro groups is 1. The zero-order valence-electron chi connectivity index (χ0n) is 9.22.